The van der Waals surface area contributed by atoms with Crippen LogP contribution in [0.15, 0.2) is 97.1 Å². The molecule has 11 nitrogen and oxygen atoms in total. The summed E-state index contributed by atoms with van der Waals surface area (Å²) in [5, 5.41) is 18.5. The maximum Gasteiger partial charge on any atom is 0.323 e. The summed E-state index contributed by atoms with van der Waals surface area (Å²) in [6, 6.07) is 27.7. The molecule has 0 spiro atoms. The van der Waals surface area contributed by atoms with Crippen molar-refractivity contribution in [3.8, 4) is 5.75 Å². The summed E-state index contributed by atoms with van der Waals surface area (Å²) in [7, 11) is 1.98. The van der Waals surface area contributed by atoms with E-state index in [9.17, 15) is 19.5 Å². The van der Waals surface area contributed by atoms with E-state index in [0.717, 1.165) is 5.56 Å². The van der Waals surface area contributed by atoms with E-state index in [1.165, 1.54) is 0 Å². The molecule has 4 aromatic rings. The van der Waals surface area contributed by atoms with Crippen molar-refractivity contribution in [3.63, 3.8) is 0 Å². The molecule has 0 radical (unpaired) electrons. The molecule has 48 heavy (non-hydrogen) atoms. The van der Waals surface area contributed by atoms with E-state index in [1.54, 1.807) is 59.5 Å². The number of ether oxygens (including phenoxy) is 1. The molecule has 5 rings (SSSR count). The first-order chi connectivity index (χ1) is 23.1. The van der Waals surface area contributed by atoms with Gasteiger partial charge >= 0.3 is 6.03 Å². The number of benzene rings is 4. The summed E-state index contributed by atoms with van der Waals surface area (Å²) < 4.78 is 6.63. The lowest BCUT2D eigenvalue weighted by Crippen LogP contribution is -2.49. The van der Waals surface area contributed by atoms with Crippen LogP contribution in [0, 0.1) is 5.92 Å². The maximum atomic E-state index is 13.8. The Hall–Kier alpha value is -5.39. The Morgan fingerprint density at radius 2 is 1.62 bits per heavy atom. The molecular weight excluding hydrogens is 608 g/mol. The van der Waals surface area contributed by atoms with E-state index >= 15 is 0 Å². The second kappa shape index (κ2) is 15.5. The van der Waals surface area contributed by atoms with Crippen LogP contribution in [0.5, 0.6) is 5.75 Å². The number of para-hydroxylation sites is 4. The van der Waals surface area contributed by atoms with Gasteiger partial charge in [-0.2, -0.15) is 0 Å². The number of fused-ring (bicyclic) bond motifs is 1. The minimum Gasteiger partial charge on any atom is -0.486 e. The molecule has 0 aliphatic carbocycles. The minimum absolute atomic E-state index is 0.124. The summed E-state index contributed by atoms with van der Waals surface area (Å²) in [5.41, 5.74) is 9.82. The van der Waals surface area contributed by atoms with Crippen molar-refractivity contribution in [1.29, 1.82) is 0 Å². The molecule has 1 heterocycles. The highest BCUT2D eigenvalue weighted by atomic mass is 16.5. The molecule has 0 unspecified atom stereocenters. The quantitative estimate of drug-likeness (QED) is 0.142. The first kappa shape index (κ1) is 34.0. The first-order valence-corrected chi connectivity index (χ1v) is 15.9. The summed E-state index contributed by atoms with van der Waals surface area (Å²) in [5.74, 6) is -0.376. The van der Waals surface area contributed by atoms with Gasteiger partial charge in [-0.1, -0.05) is 55.5 Å². The van der Waals surface area contributed by atoms with Crippen molar-refractivity contribution in [2.75, 3.05) is 48.4 Å². The summed E-state index contributed by atoms with van der Waals surface area (Å²) in [4.78, 5) is 43.3. The summed E-state index contributed by atoms with van der Waals surface area (Å²) in [6.07, 6.45) is -0.378. The number of nitrogens with two attached hydrogens (primary N) is 1. The fourth-order valence-electron chi connectivity index (χ4n) is 5.62. The zero-order valence-electron chi connectivity index (χ0n) is 27.4. The monoisotopic (exact) mass is 650 g/mol. The van der Waals surface area contributed by atoms with Gasteiger partial charge < -0.3 is 36.4 Å². The van der Waals surface area contributed by atoms with Crippen molar-refractivity contribution >= 4 is 40.6 Å². The third-order valence-electron chi connectivity index (χ3n) is 8.34. The number of likely N-dealkylation sites (N-methyl/N-ethyl adjacent to an activating group) is 1. The highest BCUT2D eigenvalue weighted by molar-refractivity contribution is 6.06. The Kier molecular flexibility index (Phi) is 10.9. The van der Waals surface area contributed by atoms with Crippen LogP contribution in [-0.2, 0) is 6.54 Å². The second-order valence-electron chi connectivity index (χ2n) is 12.2. The van der Waals surface area contributed by atoms with E-state index in [1.807, 2.05) is 63.4 Å². The van der Waals surface area contributed by atoms with E-state index in [0.29, 0.717) is 53.5 Å². The molecule has 6 N–H and O–H groups in total. The van der Waals surface area contributed by atoms with Gasteiger partial charge in [0.2, 0.25) is 0 Å². The largest absolute Gasteiger partial charge is 0.486 e. The van der Waals surface area contributed by atoms with Gasteiger partial charge in [0.05, 0.1) is 35.3 Å². The third kappa shape index (κ3) is 8.30. The van der Waals surface area contributed by atoms with Gasteiger partial charge in [0, 0.05) is 36.8 Å². The van der Waals surface area contributed by atoms with Crippen LogP contribution >= 0.6 is 0 Å². The van der Waals surface area contributed by atoms with Crippen molar-refractivity contribution in [2.45, 2.75) is 32.5 Å². The van der Waals surface area contributed by atoms with Gasteiger partial charge in [0.15, 0.2) is 5.75 Å². The Balaban J connectivity index is 1.33. The molecular formula is C37H42N6O5. The molecule has 3 atom stereocenters. The van der Waals surface area contributed by atoms with E-state index in [4.69, 9.17) is 10.5 Å². The number of nitrogens with one attached hydrogen (secondary N) is 3. The van der Waals surface area contributed by atoms with Gasteiger partial charge in [-0.3, -0.25) is 14.5 Å². The number of amides is 4. The molecule has 4 aromatic carbocycles. The summed E-state index contributed by atoms with van der Waals surface area (Å²) >= 11 is 0. The third-order valence-corrected chi connectivity index (χ3v) is 8.34. The molecule has 0 bridgehead atoms. The van der Waals surface area contributed by atoms with Crippen LogP contribution in [0.1, 0.15) is 40.1 Å². The van der Waals surface area contributed by atoms with Crippen LogP contribution < -0.4 is 26.4 Å². The normalized spacial score (nSPS) is 16.6. The molecule has 1 aliphatic heterocycles. The average Bonchev–Trinajstić information content (AvgIpc) is 3.08. The van der Waals surface area contributed by atoms with Crippen LogP contribution in [0.2, 0.25) is 0 Å². The molecule has 4 amide bonds. The lowest BCUT2D eigenvalue weighted by atomic mass is 9.98. The van der Waals surface area contributed by atoms with E-state index in [-0.39, 0.29) is 36.2 Å². The van der Waals surface area contributed by atoms with E-state index < -0.39 is 12.1 Å². The Bertz CT molecular complexity index is 1730. The van der Waals surface area contributed by atoms with Crippen LogP contribution in [0.25, 0.3) is 0 Å². The highest BCUT2D eigenvalue weighted by Crippen LogP contribution is 2.35. The van der Waals surface area contributed by atoms with Gasteiger partial charge in [-0.25, -0.2) is 4.79 Å². The van der Waals surface area contributed by atoms with Gasteiger partial charge in [0.25, 0.3) is 11.8 Å². The number of hydrogen-bond donors (Lipinski definition) is 5. The van der Waals surface area contributed by atoms with Crippen molar-refractivity contribution in [3.05, 3.63) is 114 Å². The topological polar surface area (TPSA) is 149 Å². The number of hydrogen-bond acceptors (Lipinski definition) is 7. The molecule has 11 heteroatoms. The van der Waals surface area contributed by atoms with Gasteiger partial charge in [0.1, 0.15) is 6.10 Å². The number of rotatable bonds is 10. The van der Waals surface area contributed by atoms with Crippen LogP contribution in [-0.4, -0.2) is 71.6 Å². The Morgan fingerprint density at radius 3 is 2.33 bits per heavy atom. The van der Waals surface area contributed by atoms with Crippen molar-refractivity contribution in [2.24, 2.45) is 5.92 Å². The predicted octanol–water partition coefficient (Wildman–Crippen LogP) is 5.52. The maximum absolute atomic E-state index is 13.8. The lowest BCUT2D eigenvalue weighted by Gasteiger charge is -2.38. The highest BCUT2D eigenvalue weighted by Gasteiger charge is 2.34. The van der Waals surface area contributed by atoms with Gasteiger partial charge in [-0.05, 0) is 68.1 Å². The number of anilines is 4. The first-order valence-electron chi connectivity index (χ1n) is 15.9. The van der Waals surface area contributed by atoms with Crippen LogP contribution in [0.3, 0.4) is 0 Å². The fourth-order valence-corrected chi connectivity index (χ4v) is 5.62. The number of aliphatic hydroxyl groups is 1. The minimum atomic E-state index is -0.473. The number of nitrogen functional groups attached to an aromatic ring is 1. The van der Waals surface area contributed by atoms with Crippen LogP contribution in [0.4, 0.5) is 27.5 Å². The smallest absolute Gasteiger partial charge is 0.323 e. The number of urea groups is 1. The SMILES string of the molecule is C[C@@H]1CN([C@H](C)CO)C(=O)c2cccc(NC(=O)Nc3ccccc3)c2O[C@H]1CN(C)Cc1ccc(C(=O)Nc2ccccc2N)cc1. The molecule has 0 saturated carbocycles. The van der Waals surface area contributed by atoms with Crippen molar-refractivity contribution in [1.82, 2.24) is 9.80 Å². The molecule has 0 saturated heterocycles. The molecule has 0 fully saturated rings. The molecule has 0 aromatic heterocycles. The predicted molar refractivity (Wildman–Crippen MR) is 188 cm³/mol. The Morgan fingerprint density at radius 1 is 0.938 bits per heavy atom. The van der Waals surface area contributed by atoms with Gasteiger partial charge in [-0.15, -0.1) is 0 Å². The molecule has 1 aliphatic rings. The zero-order chi connectivity index (χ0) is 34.2. The van der Waals surface area contributed by atoms with Crippen molar-refractivity contribution < 1.29 is 24.2 Å². The Labute approximate surface area is 280 Å². The number of nitrogens with zero attached hydrogens (tertiary/aromatic N) is 2. The fraction of sp³-hybridized carbons (Fsp3) is 0.270. The number of carbonyl (C=O) groups excluding carboxylic acids is 3. The second-order valence-corrected chi connectivity index (χ2v) is 12.2. The number of aliphatic hydroxyl groups excluding tert-OH is 1. The average molecular weight is 651 g/mol. The number of carbonyl (C=O) groups is 3. The lowest BCUT2D eigenvalue weighted by molar-refractivity contribution is 0.0343. The standard InChI is InChI=1S/C37H42N6O5/c1-24-20-43(25(2)23-44)36(46)29-12-9-15-32(41-37(47)39-28-10-5-4-6-11-28)34(29)48-33(24)22-42(3)21-26-16-18-27(19-17-26)35(45)40-31-14-8-7-13-30(31)38/h4-19,24-25,33,44H,20-23,38H2,1-3H3,(H,40,45)(H2,39,41,47)/t24-,25-,33+/m1/s1. The molecule has 250 valence electrons. The summed E-state index contributed by atoms with van der Waals surface area (Å²) in [6.45, 7) is 5.07. The van der Waals surface area contributed by atoms with E-state index in [2.05, 4.69) is 20.9 Å². The zero-order valence-corrected chi connectivity index (χ0v) is 27.4.